The highest BCUT2D eigenvalue weighted by molar-refractivity contribution is 7.89. The summed E-state index contributed by atoms with van der Waals surface area (Å²) in [6, 6.07) is 2.73. The van der Waals surface area contributed by atoms with Crippen molar-refractivity contribution in [2.45, 2.75) is 24.0 Å². The molecule has 1 heterocycles. The first-order valence-corrected chi connectivity index (χ1v) is 6.03. The topological polar surface area (TPSA) is 67.6 Å². The van der Waals surface area contributed by atoms with Crippen LogP contribution in [0.1, 0.15) is 23.4 Å². The van der Waals surface area contributed by atoms with Crippen molar-refractivity contribution in [1.29, 1.82) is 0 Å². The van der Waals surface area contributed by atoms with Gasteiger partial charge in [0, 0.05) is 13.1 Å². The highest BCUT2D eigenvalue weighted by atomic mass is 32.2. The Morgan fingerprint density at radius 1 is 1.47 bits per heavy atom. The first-order valence-electron chi connectivity index (χ1n) is 4.59. The second-order valence-electron chi connectivity index (χ2n) is 3.53. The van der Waals surface area contributed by atoms with E-state index < -0.39 is 10.0 Å². The van der Waals surface area contributed by atoms with Gasteiger partial charge in [-0.05, 0) is 25.0 Å². The number of hydrogen-bond donors (Lipinski definition) is 0. The highest BCUT2D eigenvalue weighted by Crippen LogP contribution is 2.30. The Bertz CT molecular complexity index is 472. The maximum Gasteiger partial charge on any atom is 0.276 e. The summed E-state index contributed by atoms with van der Waals surface area (Å²) in [6.45, 7) is 0. The number of carbonyl (C=O) groups is 1. The minimum Gasteiger partial charge on any atom is -0.440 e. The van der Waals surface area contributed by atoms with Crippen LogP contribution in [-0.2, 0) is 10.0 Å². The Kier molecular flexibility index (Phi) is 2.40. The van der Waals surface area contributed by atoms with Crippen molar-refractivity contribution in [3.05, 3.63) is 17.9 Å². The van der Waals surface area contributed by atoms with Gasteiger partial charge in [0.15, 0.2) is 12.0 Å². The lowest BCUT2D eigenvalue weighted by Gasteiger charge is -2.13. The molecule has 0 spiro atoms. The van der Waals surface area contributed by atoms with Gasteiger partial charge < -0.3 is 4.42 Å². The van der Waals surface area contributed by atoms with Crippen molar-refractivity contribution in [2.24, 2.45) is 0 Å². The molecule has 0 unspecified atom stereocenters. The summed E-state index contributed by atoms with van der Waals surface area (Å²) in [5.74, 6) is 0.0257. The van der Waals surface area contributed by atoms with Crippen molar-refractivity contribution in [2.75, 3.05) is 7.05 Å². The molecule has 1 aliphatic rings. The van der Waals surface area contributed by atoms with E-state index in [1.54, 1.807) is 0 Å². The van der Waals surface area contributed by atoms with Gasteiger partial charge in [0.1, 0.15) is 0 Å². The molecule has 82 valence electrons. The minimum absolute atomic E-state index is 0.0257. The lowest BCUT2D eigenvalue weighted by molar-refractivity contribution is 0.109. The molecule has 0 aliphatic heterocycles. The molecule has 1 fully saturated rings. The predicted octanol–water partition coefficient (Wildman–Crippen LogP) is 0.875. The molecule has 15 heavy (non-hydrogen) atoms. The van der Waals surface area contributed by atoms with Crippen LogP contribution in [0.15, 0.2) is 21.6 Å². The van der Waals surface area contributed by atoms with Gasteiger partial charge in [-0.3, -0.25) is 4.79 Å². The van der Waals surface area contributed by atoms with E-state index in [0.29, 0.717) is 6.29 Å². The average molecular weight is 229 g/mol. The molecular weight excluding hydrogens is 218 g/mol. The quantitative estimate of drug-likeness (QED) is 0.718. The zero-order chi connectivity index (χ0) is 11.1. The second kappa shape index (κ2) is 3.46. The lowest BCUT2D eigenvalue weighted by atomic mass is 10.5. The molecule has 0 N–H and O–H groups in total. The molecule has 0 atom stereocenters. The second-order valence-corrected chi connectivity index (χ2v) is 5.46. The predicted molar refractivity (Wildman–Crippen MR) is 52.1 cm³/mol. The van der Waals surface area contributed by atoms with E-state index in [9.17, 15) is 13.2 Å². The number of rotatable bonds is 4. The molecule has 2 rings (SSSR count). The summed E-state index contributed by atoms with van der Waals surface area (Å²) < 4.78 is 29.9. The van der Waals surface area contributed by atoms with Crippen LogP contribution >= 0.6 is 0 Å². The molecule has 0 bridgehead atoms. The highest BCUT2D eigenvalue weighted by Gasteiger charge is 2.36. The van der Waals surface area contributed by atoms with Crippen LogP contribution in [0.2, 0.25) is 0 Å². The largest absolute Gasteiger partial charge is 0.440 e. The SMILES string of the molecule is CN(C1CC1)S(=O)(=O)c1ccc(C=O)o1. The number of aldehydes is 1. The van der Waals surface area contributed by atoms with Gasteiger partial charge >= 0.3 is 0 Å². The normalized spacial score (nSPS) is 16.9. The minimum atomic E-state index is -3.56. The zero-order valence-corrected chi connectivity index (χ0v) is 9.03. The Morgan fingerprint density at radius 2 is 2.13 bits per heavy atom. The van der Waals surface area contributed by atoms with Crippen LogP contribution in [0.3, 0.4) is 0 Å². The molecule has 1 aromatic rings. The van der Waals surface area contributed by atoms with Crippen LogP contribution in [0, 0.1) is 0 Å². The molecule has 0 amide bonds. The van der Waals surface area contributed by atoms with Gasteiger partial charge in [0.2, 0.25) is 5.09 Å². The number of hydrogen-bond acceptors (Lipinski definition) is 4. The van der Waals surface area contributed by atoms with E-state index in [1.807, 2.05) is 0 Å². The van der Waals surface area contributed by atoms with Crippen molar-refractivity contribution in [1.82, 2.24) is 4.31 Å². The van der Waals surface area contributed by atoms with Crippen molar-refractivity contribution in [3.63, 3.8) is 0 Å². The first kappa shape index (κ1) is 10.4. The van der Waals surface area contributed by atoms with Crippen LogP contribution in [-0.4, -0.2) is 32.1 Å². The van der Waals surface area contributed by atoms with Gasteiger partial charge in [-0.2, -0.15) is 4.31 Å². The molecule has 0 radical (unpaired) electrons. The summed E-state index contributed by atoms with van der Waals surface area (Å²) in [5, 5.41) is -0.168. The van der Waals surface area contributed by atoms with Crippen LogP contribution in [0.5, 0.6) is 0 Å². The summed E-state index contributed by atoms with van der Waals surface area (Å²) >= 11 is 0. The van der Waals surface area contributed by atoms with E-state index in [-0.39, 0.29) is 16.9 Å². The van der Waals surface area contributed by atoms with Crippen molar-refractivity contribution in [3.8, 4) is 0 Å². The first-order chi connectivity index (χ1) is 7.05. The van der Waals surface area contributed by atoms with Crippen LogP contribution in [0.4, 0.5) is 0 Å². The third-order valence-corrected chi connectivity index (χ3v) is 4.20. The van der Waals surface area contributed by atoms with Gasteiger partial charge in [0.25, 0.3) is 10.0 Å². The lowest BCUT2D eigenvalue weighted by Crippen LogP contribution is -2.28. The third kappa shape index (κ3) is 1.82. The molecule has 5 nitrogen and oxygen atoms in total. The maximum absolute atomic E-state index is 11.9. The van der Waals surface area contributed by atoms with E-state index in [1.165, 1.54) is 23.5 Å². The molecular formula is C9H11NO4S. The standard InChI is InChI=1S/C9H11NO4S/c1-10(7-2-3-7)15(12,13)9-5-4-8(6-11)14-9/h4-7H,2-3H2,1H3. The Balaban J connectivity index is 2.31. The fraction of sp³-hybridized carbons (Fsp3) is 0.444. The number of furan rings is 1. The van der Waals surface area contributed by atoms with Crippen molar-refractivity contribution < 1.29 is 17.6 Å². The monoisotopic (exact) mass is 229 g/mol. The van der Waals surface area contributed by atoms with E-state index in [4.69, 9.17) is 4.42 Å². The fourth-order valence-corrected chi connectivity index (χ4v) is 2.64. The smallest absolute Gasteiger partial charge is 0.276 e. The molecule has 1 aliphatic carbocycles. The summed E-state index contributed by atoms with van der Waals surface area (Å²) in [6.07, 6.45) is 2.25. The fourth-order valence-electron chi connectivity index (χ4n) is 1.31. The summed E-state index contributed by atoms with van der Waals surface area (Å²) in [7, 11) is -2.03. The molecule has 0 aromatic carbocycles. The Labute approximate surface area is 87.7 Å². The van der Waals surface area contributed by atoms with Gasteiger partial charge in [0.05, 0.1) is 0 Å². The number of sulfonamides is 1. The summed E-state index contributed by atoms with van der Waals surface area (Å²) in [5.41, 5.74) is 0. The average Bonchev–Trinajstić information content (AvgIpc) is 2.93. The van der Waals surface area contributed by atoms with Gasteiger partial charge in [-0.15, -0.1) is 0 Å². The van der Waals surface area contributed by atoms with Crippen LogP contribution < -0.4 is 0 Å². The van der Waals surface area contributed by atoms with Gasteiger partial charge in [-0.1, -0.05) is 0 Å². The van der Waals surface area contributed by atoms with Gasteiger partial charge in [-0.25, -0.2) is 8.42 Å². The number of nitrogens with zero attached hydrogens (tertiary/aromatic N) is 1. The zero-order valence-electron chi connectivity index (χ0n) is 8.21. The van der Waals surface area contributed by atoms with E-state index in [0.717, 1.165) is 12.8 Å². The summed E-state index contributed by atoms with van der Waals surface area (Å²) in [4.78, 5) is 10.4. The molecule has 1 aromatic heterocycles. The van der Waals surface area contributed by atoms with E-state index >= 15 is 0 Å². The Morgan fingerprint density at radius 3 is 2.60 bits per heavy atom. The maximum atomic E-state index is 11.9. The molecule has 0 saturated heterocycles. The number of carbonyl (C=O) groups excluding carboxylic acids is 1. The Hall–Kier alpha value is -1.14. The third-order valence-electron chi connectivity index (χ3n) is 2.41. The molecule has 6 heteroatoms. The van der Waals surface area contributed by atoms with E-state index in [2.05, 4.69) is 0 Å². The van der Waals surface area contributed by atoms with Crippen molar-refractivity contribution >= 4 is 16.3 Å². The molecule has 1 saturated carbocycles. The van der Waals surface area contributed by atoms with Crippen LogP contribution in [0.25, 0.3) is 0 Å².